The van der Waals surface area contributed by atoms with Gasteiger partial charge in [0.25, 0.3) is 0 Å². The fraction of sp³-hybridized carbons (Fsp3) is 0.611. The van der Waals surface area contributed by atoms with Crippen molar-refractivity contribution in [3.8, 4) is 0 Å². The molecule has 1 aliphatic heterocycles. The molecule has 128 valence electrons. The van der Waals surface area contributed by atoms with E-state index in [9.17, 15) is 9.90 Å². The molecule has 1 aromatic carbocycles. The molecule has 3 N–H and O–H groups in total. The Morgan fingerprint density at radius 1 is 1.43 bits per heavy atom. The largest absolute Gasteiger partial charge is 0.393 e. The van der Waals surface area contributed by atoms with Crippen molar-refractivity contribution < 1.29 is 9.90 Å². The van der Waals surface area contributed by atoms with Crippen LogP contribution >= 0.6 is 0 Å². The van der Waals surface area contributed by atoms with E-state index >= 15 is 0 Å². The maximum atomic E-state index is 12.1. The Hall–Kier alpha value is -1.75. The molecule has 1 heterocycles. The van der Waals surface area contributed by atoms with Gasteiger partial charge in [-0.05, 0) is 49.8 Å². The first-order valence-electron chi connectivity index (χ1n) is 8.41. The van der Waals surface area contributed by atoms with Gasteiger partial charge in [-0.15, -0.1) is 0 Å². The molecule has 1 aromatic rings. The second-order valence-corrected chi connectivity index (χ2v) is 7.20. The summed E-state index contributed by atoms with van der Waals surface area (Å²) < 4.78 is 0. The number of carbonyl (C=O) groups is 1. The fourth-order valence-corrected chi connectivity index (χ4v) is 3.22. The molecule has 2 amide bonds. The quantitative estimate of drug-likeness (QED) is 0.755. The van der Waals surface area contributed by atoms with E-state index in [0.717, 1.165) is 25.2 Å². The number of rotatable bonds is 6. The SMILES string of the molecule is CCN1CCc2ccc(NC(=O)NCC(C)(C)CC(C)O)cc21. The molecule has 0 bridgehead atoms. The number of aliphatic hydroxyl groups excluding tert-OH is 1. The van der Waals surface area contributed by atoms with Crippen LogP contribution in [-0.4, -0.2) is 36.9 Å². The highest BCUT2D eigenvalue weighted by Crippen LogP contribution is 2.30. The first-order valence-corrected chi connectivity index (χ1v) is 8.41. The molecule has 2 rings (SSSR count). The molecular formula is C18H29N3O2. The zero-order valence-electron chi connectivity index (χ0n) is 14.6. The monoisotopic (exact) mass is 319 g/mol. The summed E-state index contributed by atoms with van der Waals surface area (Å²) in [5, 5.41) is 15.3. The number of urea groups is 1. The predicted octanol–water partition coefficient (Wildman–Crippen LogP) is 2.99. The molecule has 0 fully saturated rings. The van der Waals surface area contributed by atoms with Crippen LogP contribution in [0.2, 0.25) is 0 Å². The number of nitrogens with one attached hydrogen (secondary N) is 2. The maximum absolute atomic E-state index is 12.1. The smallest absolute Gasteiger partial charge is 0.319 e. The molecule has 1 atom stereocenters. The van der Waals surface area contributed by atoms with E-state index in [2.05, 4.69) is 28.5 Å². The Morgan fingerprint density at radius 2 is 2.17 bits per heavy atom. The van der Waals surface area contributed by atoms with Crippen molar-refractivity contribution in [3.05, 3.63) is 23.8 Å². The zero-order valence-corrected chi connectivity index (χ0v) is 14.6. The number of aliphatic hydroxyl groups is 1. The second kappa shape index (κ2) is 7.21. The van der Waals surface area contributed by atoms with Crippen molar-refractivity contribution in [1.82, 2.24) is 5.32 Å². The number of amides is 2. The van der Waals surface area contributed by atoms with Crippen molar-refractivity contribution in [2.75, 3.05) is 29.9 Å². The van der Waals surface area contributed by atoms with Crippen LogP contribution in [0, 0.1) is 5.41 Å². The van der Waals surface area contributed by atoms with E-state index in [4.69, 9.17) is 0 Å². The summed E-state index contributed by atoms with van der Waals surface area (Å²) in [6.45, 7) is 10.5. The zero-order chi connectivity index (χ0) is 17.0. The average Bonchev–Trinajstić information content (AvgIpc) is 2.86. The Balaban J connectivity index is 1.91. The van der Waals surface area contributed by atoms with Crippen LogP contribution in [0.15, 0.2) is 18.2 Å². The normalized spacial score (nSPS) is 15.3. The van der Waals surface area contributed by atoms with Crippen LogP contribution in [0.25, 0.3) is 0 Å². The minimum absolute atomic E-state index is 0.136. The first kappa shape index (κ1) is 17.6. The number of likely N-dealkylation sites (N-methyl/N-ethyl adjacent to an activating group) is 1. The van der Waals surface area contributed by atoms with Gasteiger partial charge in [0.05, 0.1) is 6.10 Å². The summed E-state index contributed by atoms with van der Waals surface area (Å²) in [5.41, 5.74) is 3.24. The minimum atomic E-state index is -0.369. The number of benzene rings is 1. The van der Waals surface area contributed by atoms with Crippen molar-refractivity contribution in [3.63, 3.8) is 0 Å². The lowest BCUT2D eigenvalue weighted by atomic mass is 9.87. The van der Waals surface area contributed by atoms with Crippen LogP contribution < -0.4 is 15.5 Å². The van der Waals surface area contributed by atoms with Gasteiger partial charge in [0.2, 0.25) is 0 Å². The first-order chi connectivity index (χ1) is 10.8. The maximum Gasteiger partial charge on any atom is 0.319 e. The number of nitrogens with zero attached hydrogens (tertiary/aromatic N) is 1. The lowest BCUT2D eigenvalue weighted by Crippen LogP contribution is -2.38. The van der Waals surface area contributed by atoms with Gasteiger partial charge in [-0.1, -0.05) is 19.9 Å². The number of anilines is 2. The van der Waals surface area contributed by atoms with Gasteiger partial charge in [-0.2, -0.15) is 0 Å². The summed E-state index contributed by atoms with van der Waals surface area (Å²) in [5.74, 6) is 0. The number of fused-ring (bicyclic) bond motifs is 1. The lowest BCUT2D eigenvalue weighted by Gasteiger charge is -2.26. The molecule has 0 aromatic heterocycles. The van der Waals surface area contributed by atoms with Gasteiger partial charge in [-0.3, -0.25) is 0 Å². The molecule has 5 nitrogen and oxygen atoms in total. The number of hydrogen-bond donors (Lipinski definition) is 3. The molecule has 1 unspecified atom stereocenters. The predicted molar refractivity (Wildman–Crippen MR) is 95.1 cm³/mol. The summed E-state index contributed by atoms with van der Waals surface area (Å²) >= 11 is 0. The molecular weight excluding hydrogens is 290 g/mol. The van der Waals surface area contributed by atoms with E-state index in [1.165, 1.54) is 11.3 Å². The van der Waals surface area contributed by atoms with E-state index in [0.29, 0.717) is 13.0 Å². The molecule has 1 aliphatic rings. The summed E-state index contributed by atoms with van der Waals surface area (Å²) in [6.07, 6.45) is 1.35. The molecule has 0 aliphatic carbocycles. The van der Waals surface area contributed by atoms with Crippen molar-refractivity contribution in [2.45, 2.75) is 46.6 Å². The Bertz CT molecular complexity index is 555. The Kier molecular flexibility index (Phi) is 5.52. The highest BCUT2D eigenvalue weighted by Gasteiger charge is 2.21. The van der Waals surface area contributed by atoms with Gasteiger partial charge >= 0.3 is 6.03 Å². The van der Waals surface area contributed by atoms with Crippen molar-refractivity contribution >= 4 is 17.4 Å². The molecule has 0 saturated carbocycles. The van der Waals surface area contributed by atoms with Gasteiger partial charge in [0, 0.05) is 31.0 Å². The summed E-state index contributed by atoms with van der Waals surface area (Å²) in [4.78, 5) is 14.4. The second-order valence-electron chi connectivity index (χ2n) is 7.20. The van der Waals surface area contributed by atoms with Crippen molar-refractivity contribution in [1.29, 1.82) is 0 Å². The van der Waals surface area contributed by atoms with E-state index in [1.807, 2.05) is 26.0 Å². The topological polar surface area (TPSA) is 64.6 Å². The summed E-state index contributed by atoms with van der Waals surface area (Å²) in [6, 6.07) is 5.90. The van der Waals surface area contributed by atoms with E-state index in [-0.39, 0.29) is 17.6 Å². The van der Waals surface area contributed by atoms with Gasteiger partial charge in [-0.25, -0.2) is 4.79 Å². The lowest BCUT2D eigenvalue weighted by molar-refractivity contribution is 0.129. The summed E-state index contributed by atoms with van der Waals surface area (Å²) in [7, 11) is 0. The third-order valence-electron chi connectivity index (χ3n) is 4.29. The molecule has 0 radical (unpaired) electrons. The van der Waals surface area contributed by atoms with E-state index < -0.39 is 0 Å². The van der Waals surface area contributed by atoms with Crippen LogP contribution in [-0.2, 0) is 6.42 Å². The van der Waals surface area contributed by atoms with Crippen LogP contribution in [0.4, 0.5) is 16.2 Å². The Labute approximate surface area is 139 Å². The van der Waals surface area contributed by atoms with Gasteiger partial charge in [0.15, 0.2) is 0 Å². The van der Waals surface area contributed by atoms with Crippen LogP contribution in [0.1, 0.15) is 39.7 Å². The molecule has 0 spiro atoms. The van der Waals surface area contributed by atoms with Crippen LogP contribution in [0.3, 0.4) is 0 Å². The van der Waals surface area contributed by atoms with Gasteiger partial charge < -0.3 is 20.6 Å². The van der Waals surface area contributed by atoms with Crippen molar-refractivity contribution in [2.24, 2.45) is 5.41 Å². The third-order valence-corrected chi connectivity index (χ3v) is 4.29. The molecule has 0 saturated heterocycles. The van der Waals surface area contributed by atoms with Crippen LogP contribution in [0.5, 0.6) is 0 Å². The highest BCUT2D eigenvalue weighted by atomic mass is 16.3. The van der Waals surface area contributed by atoms with Gasteiger partial charge in [0.1, 0.15) is 0 Å². The van der Waals surface area contributed by atoms with E-state index in [1.54, 1.807) is 6.92 Å². The third kappa shape index (κ3) is 4.86. The highest BCUT2D eigenvalue weighted by molar-refractivity contribution is 5.90. The number of hydrogen-bond acceptors (Lipinski definition) is 3. The fourth-order valence-electron chi connectivity index (χ4n) is 3.22. The molecule has 23 heavy (non-hydrogen) atoms. The minimum Gasteiger partial charge on any atom is -0.393 e. The standard InChI is InChI=1S/C18H29N3O2/c1-5-21-9-8-14-6-7-15(10-16(14)21)20-17(23)19-12-18(3,4)11-13(2)22/h6-7,10,13,22H,5,8-9,11-12H2,1-4H3,(H2,19,20,23). The average molecular weight is 319 g/mol. The Morgan fingerprint density at radius 3 is 2.83 bits per heavy atom. The molecule has 5 heteroatoms. The number of carbonyl (C=O) groups excluding carboxylic acids is 1.